The molecule has 1 aliphatic carbocycles. The van der Waals surface area contributed by atoms with Crippen LogP contribution in [0.15, 0.2) is 23.4 Å². The maximum absolute atomic E-state index is 12.4. The predicted molar refractivity (Wildman–Crippen MR) is 98.3 cm³/mol. The molecule has 1 atom stereocenters. The molecule has 0 bridgehead atoms. The lowest BCUT2D eigenvalue weighted by Gasteiger charge is -2.16. The number of nitrogens with one attached hydrogen (secondary N) is 1. The molecule has 0 spiro atoms. The van der Waals surface area contributed by atoms with E-state index in [1.807, 2.05) is 36.7 Å². The summed E-state index contributed by atoms with van der Waals surface area (Å²) in [6.07, 6.45) is 4.58. The van der Waals surface area contributed by atoms with Crippen molar-refractivity contribution in [3.8, 4) is 22.9 Å². The van der Waals surface area contributed by atoms with Gasteiger partial charge in [0.25, 0.3) is 0 Å². The fourth-order valence-corrected chi connectivity index (χ4v) is 4.13. The smallest absolute Gasteiger partial charge is 0.233 e. The molecular weight excluding hydrogens is 352 g/mol. The second-order valence-electron chi connectivity index (χ2n) is 6.68. The van der Waals surface area contributed by atoms with E-state index in [1.54, 1.807) is 0 Å². The average molecular weight is 374 g/mol. The van der Waals surface area contributed by atoms with Crippen molar-refractivity contribution in [3.63, 3.8) is 0 Å². The molecule has 1 aromatic carbocycles. The minimum Gasteiger partial charge on any atom is -0.454 e. The number of thioether (sulfide) groups is 1. The van der Waals surface area contributed by atoms with Crippen molar-refractivity contribution in [2.75, 3.05) is 6.79 Å². The van der Waals surface area contributed by atoms with Crippen LogP contribution in [0.1, 0.15) is 32.6 Å². The summed E-state index contributed by atoms with van der Waals surface area (Å²) in [4.78, 5) is 12.4. The van der Waals surface area contributed by atoms with Gasteiger partial charge in [0.15, 0.2) is 22.5 Å². The summed E-state index contributed by atoms with van der Waals surface area (Å²) in [6, 6.07) is 6.03. The van der Waals surface area contributed by atoms with Crippen molar-refractivity contribution in [1.29, 1.82) is 0 Å². The van der Waals surface area contributed by atoms with Crippen LogP contribution in [0.25, 0.3) is 11.4 Å². The molecule has 1 N–H and O–H groups in total. The van der Waals surface area contributed by atoms with E-state index in [9.17, 15) is 4.79 Å². The highest BCUT2D eigenvalue weighted by atomic mass is 32.2. The van der Waals surface area contributed by atoms with E-state index >= 15 is 0 Å². The number of aromatic nitrogens is 3. The van der Waals surface area contributed by atoms with Gasteiger partial charge in [0, 0.05) is 18.7 Å². The molecule has 7 nitrogen and oxygen atoms in total. The molecule has 138 valence electrons. The van der Waals surface area contributed by atoms with Crippen LogP contribution in [0.5, 0.6) is 11.5 Å². The first-order chi connectivity index (χ1) is 12.6. The third kappa shape index (κ3) is 3.38. The fraction of sp³-hybridized carbons (Fsp3) is 0.500. The lowest BCUT2D eigenvalue weighted by Crippen LogP contribution is -2.37. The van der Waals surface area contributed by atoms with E-state index in [4.69, 9.17) is 9.47 Å². The van der Waals surface area contributed by atoms with Crippen molar-refractivity contribution in [3.05, 3.63) is 18.2 Å². The van der Waals surface area contributed by atoms with Gasteiger partial charge in [-0.1, -0.05) is 24.6 Å². The molecule has 1 aromatic heterocycles. The minimum absolute atomic E-state index is 0.0644. The Morgan fingerprint density at radius 3 is 2.85 bits per heavy atom. The Labute approximate surface area is 156 Å². The maximum Gasteiger partial charge on any atom is 0.233 e. The van der Waals surface area contributed by atoms with E-state index in [0.29, 0.717) is 16.9 Å². The fourth-order valence-electron chi connectivity index (χ4n) is 3.30. The lowest BCUT2D eigenvalue weighted by molar-refractivity contribution is -0.120. The summed E-state index contributed by atoms with van der Waals surface area (Å²) in [5.41, 5.74) is 0.902. The van der Waals surface area contributed by atoms with Gasteiger partial charge in [0.1, 0.15) is 0 Å². The van der Waals surface area contributed by atoms with E-state index in [-0.39, 0.29) is 18.0 Å². The molecule has 1 fully saturated rings. The number of fused-ring (bicyclic) bond motifs is 1. The monoisotopic (exact) mass is 374 g/mol. The standard InChI is InChI=1S/C18H22N4O3S/c1-11(17(23)19-13-5-3-4-6-13)26-18-21-20-16(22(18)2)12-7-8-14-15(9-12)25-10-24-14/h7-9,11,13H,3-6,10H2,1-2H3,(H,19,23)/t11-/m0/s1. The zero-order chi connectivity index (χ0) is 18.1. The first-order valence-electron chi connectivity index (χ1n) is 8.88. The van der Waals surface area contributed by atoms with Crippen LogP contribution in [0.3, 0.4) is 0 Å². The van der Waals surface area contributed by atoms with Crippen molar-refractivity contribution < 1.29 is 14.3 Å². The lowest BCUT2D eigenvalue weighted by atomic mass is 10.2. The van der Waals surface area contributed by atoms with Crippen LogP contribution >= 0.6 is 11.8 Å². The quantitative estimate of drug-likeness (QED) is 0.811. The average Bonchev–Trinajstić information content (AvgIpc) is 3.36. The van der Waals surface area contributed by atoms with Crippen LogP contribution in [0.4, 0.5) is 0 Å². The van der Waals surface area contributed by atoms with E-state index in [2.05, 4.69) is 15.5 Å². The molecule has 4 rings (SSSR count). The largest absolute Gasteiger partial charge is 0.454 e. The first kappa shape index (κ1) is 17.2. The zero-order valence-electron chi connectivity index (χ0n) is 14.9. The Balaban J connectivity index is 1.46. The van der Waals surface area contributed by atoms with Crippen LogP contribution in [0, 0.1) is 0 Å². The zero-order valence-corrected chi connectivity index (χ0v) is 15.7. The second kappa shape index (κ2) is 7.19. The molecule has 0 unspecified atom stereocenters. The third-order valence-corrected chi connectivity index (χ3v) is 5.95. The summed E-state index contributed by atoms with van der Waals surface area (Å²) in [5, 5.41) is 12.2. The highest BCUT2D eigenvalue weighted by molar-refractivity contribution is 8.00. The molecule has 0 radical (unpaired) electrons. The summed E-state index contributed by atoms with van der Waals surface area (Å²) >= 11 is 1.42. The normalized spacial score (nSPS) is 17.5. The number of carbonyl (C=O) groups excluding carboxylic acids is 1. The minimum atomic E-state index is -0.219. The third-order valence-electron chi connectivity index (χ3n) is 4.82. The summed E-state index contributed by atoms with van der Waals surface area (Å²) in [6.45, 7) is 2.15. The van der Waals surface area contributed by atoms with Gasteiger partial charge < -0.3 is 19.4 Å². The summed E-state index contributed by atoms with van der Waals surface area (Å²) < 4.78 is 12.7. The van der Waals surface area contributed by atoms with Crippen molar-refractivity contribution in [1.82, 2.24) is 20.1 Å². The molecule has 26 heavy (non-hydrogen) atoms. The van der Waals surface area contributed by atoms with Gasteiger partial charge in [-0.2, -0.15) is 0 Å². The predicted octanol–water partition coefficient (Wildman–Crippen LogP) is 2.75. The molecular formula is C18H22N4O3S. The Hall–Kier alpha value is -2.22. The van der Waals surface area contributed by atoms with Crippen LogP contribution in [-0.4, -0.2) is 38.8 Å². The highest BCUT2D eigenvalue weighted by Crippen LogP contribution is 2.36. The molecule has 2 aliphatic rings. The number of carbonyl (C=O) groups is 1. The molecule has 8 heteroatoms. The number of rotatable bonds is 5. The number of hydrogen-bond donors (Lipinski definition) is 1. The van der Waals surface area contributed by atoms with Gasteiger partial charge in [0.05, 0.1) is 5.25 Å². The number of benzene rings is 1. The Morgan fingerprint density at radius 1 is 1.27 bits per heavy atom. The van der Waals surface area contributed by atoms with Gasteiger partial charge >= 0.3 is 0 Å². The molecule has 2 heterocycles. The van der Waals surface area contributed by atoms with E-state index in [1.165, 1.54) is 24.6 Å². The number of hydrogen-bond acceptors (Lipinski definition) is 6. The van der Waals surface area contributed by atoms with Gasteiger partial charge in [-0.3, -0.25) is 4.79 Å². The molecule has 1 amide bonds. The number of amides is 1. The highest BCUT2D eigenvalue weighted by Gasteiger charge is 2.24. The van der Waals surface area contributed by atoms with Gasteiger partial charge in [-0.05, 0) is 38.0 Å². The van der Waals surface area contributed by atoms with Crippen LogP contribution in [-0.2, 0) is 11.8 Å². The summed E-state index contributed by atoms with van der Waals surface area (Å²) in [7, 11) is 1.91. The van der Waals surface area contributed by atoms with E-state index in [0.717, 1.165) is 30.0 Å². The first-order valence-corrected chi connectivity index (χ1v) is 9.76. The van der Waals surface area contributed by atoms with Crippen molar-refractivity contribution in [2.24, 2.45) is 7.05 Å². The number of nitrogens with zero attached hydrogens (tertiary/aromatic N) is 3. The van der Waals surface area contributed by atoms with Crippen molar-refractivity contribution >= 4 is 17.7 Å². The van der Waals surface area contributed by atoms with Gasteiger partial charge in [-0.15, -0.1) is 10.2 Å². The Kier molecular flexibility index (Phi) is 4.76. The SMILES string of the molecule is C[C@H](Sc1nnc(-c2ccc3c(c2)OCO3)n1C)C(=O)NC1CCCC1. The van der Waals surface area contributed by atoms with Gasteiger partial charge in [-0.25, -0.2) is 0 Å². The molecule has 1 saturated carbocycles. The summed E-state index contributed by atoms with van der Waals surface area (Å²) in [5.74, 6) is 2.25. The van der Waals surface area contributed by atoms with Gasteiger partial charge in [0.2, 0.25) is 12.7 Å². The maximum atomic E-state index is 12.4. The van der Waals surface area contributed by atoms with Crippen LogP contribution < -0.4 is 14.8 Å². The van der Waals surface area contributed by atoms with Crippen molar-refractivity contribution in [2.45, 2.75) is 49.1 Å². The molecule has 1 aliphatic heterocycles. The van der Waals surface area contributed by atoms with E-state index < -0.39 is 0 Å². The number of ether oxygens (including phenoxy) is 2. The molecule has 0 saturated heterocycles. The van der Waals surface area contributed by atoms with Crippen LogP contribution in [0.2, 0.25) is 0 Å². The second-order valence-corrected chi connectivity index (χ2v) is 7.99. The Bertz CT molecular complexity index is 817. The molecule has 2 aromatic rings. The Morgan fingerprint density at radius 2 is 2.04 bits per heavy atom. The topological polar surface area (TPSA) is 78.3 Å².